The Balaban J connectivity index is 2.32. The minimum absolute atomic E-state index is 0.591. The normalized spacial score (nSPS) is 10.5. The maximum atomic E-state index is 5.89. The third-order valence-corrected chi connectivity index (χ3v) is 2.88. The maximum absolute atomic E-state index is 5.89. The predicted molar refractivity (Wildman–Crippen MR) is 74.8 cm³/mol. The van der Waals surface area contributed by atoms with Crippen molar-refractivity contribution in [2.45, 2.75) is 20.8 Å². The van der Waals surface area contributed by atoms with Crippen molar-refractivity contribution < 1.29 is 9.47 Å². The highest BCUT2D eigenvalue weighted by molar-refractivity contribution is 5.52. The first kappa shape index (κ1) is 13.3. The van der Waals surface area contributed by atoms with E-state index in [0.717, 1.165) is 17.1 Å². The molecule has 102 valence electrons. The lowest BCUT2D eigenvalue weighted by atomic mass is 10.3. The largest absolute Gasteiger partial charge is 0.494 e. The summed E-state index contributed by atoms with van der Waals surface area (Å²) >= 11 is 0. The summed E-state index contributed by atoms with van der Waals surface area (Å²) in [6.07, 6.45) is 0. The Kier molecular flexibility index (Phi) is 3.64. The van der Waals surface area contributed by atoms with Crippen molar-refractivity contribution in [2.75, 3.05) is 12.3 Å². The molecular weight excluding hydrogens is 242 g/mol. The lowest BCUT2D eigenvalue weighted by molar-refractivity contribution is 0.338. The van der Waals surface area contributed by atoms with Gasteiger partial charge < -0.3 is 15.2 Å². The van der Waals surface area contributed by atoms with E-state index >= 15 is 0 Å². The van der Waals surface area contributed by atoms with Crippen molar-refractivity contribution >= 4 is 5.69 Å². The molecule has 1 heterocycles. The van der Waals surface area contributed by atoms with Crippen LogP contribution in [0.4, 0.5) is 5.69 Å². The summed E-state index contributed by atoms with van der Waals surface area (Å²) in [6, 6.07) is 5.37. The second-order valence-electron chi connectivity index (χ2n) is 4.40. The number of rotatable bonds is 4. The molecule has 1 aromatic heterocycles. The summed E-state index contributed by atoms with van der Waals surface area (Å²) in [5, 5.41) is 4.32. The number of benzene rings is 1. The smallest absolute Gasteiger partial charge is 0.171 e. The van der Waals surface area contributed by atoms with Crippen molar-refractivity contribution in [3.63, 3.8) is 0 Å². The molecule has 0 atom stereocenters. The fourth-order valence-corrected chi connectivity index (χ4v) is 1.92. The molecule has 0 aliphatic heterocycles. The van der Waals surface area contributed by atoms with Crippen LogP contribution in [0.3, 0.4) is 0 Å². The van der Waals surface area contributed by atoms with Crippen molar-refractivity contribution in [1.29, 1.82) is 0 Å². The van der Waals surface area contributed by atoms with Crippen molar-refractivity contribution in [1.82, 2.24) is 9.78 Å². The first-order valence-corrected chi connectivity index (χ1v) is 6.22. The number of anilines is 1. The van der Waals surface area contributed by atoms with Crippen LogP contribution in [0.25, 0.3) is 0 Å². The average Bonchev–Trinajstić information content (AvgIpc) is 2.56. The second kappa shape index (κ2) is 5.22. The molecule has 0 aliphatic carbocycles. The Morgan fingerprint density at radius 1 is 1.21 bits per heavy atom. The van der Waals surface area contributed by atoms with E-state index in [-0.39, 0.29) is 0 Å². The molecule has 2 N–H and O–H groups in total. The van der Waals surface area contributed by atoms with Crippen LogP contribution >= 0.6 is 0 Å². The SMILES string of the molecule is CCOc1cc(N)cc(Oc2c(C)nn(C)c2C)c1. The monoisotopic (exact) mass is 261 g/mol. The van der Waals surface area contributed by atoms with E-state index in [1.807, 2.05) is 33.9 Å². The van der Waals surface area contributed by atoms with E-state index in [0.29, 0.717) is 23.8 Å². The number of hydrogen-bond donors (Lipinski definition) is 1. The van der Waals surface area contributed by atoms with E-state index in [4.69, 9.17) is 15.2 Å². The van der Waals surface area contributed by atoms with Gasteiger partial charge in [-0.05, 0) is 20.8 Å². The van der Waals surface area contributed by atoms with Crippen LogP contribution in [-0.4, -0.2) is 16.4 Å². The first-order chi connectivity index (χ1) is 9.01. The van der Waals surface area contributed by atoms with Gasteiger partial charge in [-0.15, -0.1) is 0 Å². The Hall–Kier alpha value is -2.17. The Bertz CT molecular complexity index is 591. The molecular formula is C14H19N3O2. The lowest BCUT2D eigenvalue weighted by Gasteiger charge is -2.10. The van der Waals surface area contributed by atoms with Crippen molar-refractivity contribution in [3.05, 3.63) is 29.6 Å². The molecule has 2 rings (SSSR count). The summed E-state index contributed by atoms with van der Waals surface area (Å²) in [4.78, 5) is 0. The molecule has 0 fully saturated rings. The van der Waals surface area contributed by atoms with Gasteiger partial charge in [0.05, 0.1) is 12.3 Å². The summed E-state index contributed by atoms with van der Waals surface area (Å²) < 4.78 is 13.1. The summed E-state index contributed by atoms with van der Waals surface area (Å²) in [5.74, 6) is 2.12. The molecule has 0 unspecified atom stereocenters. The molecule has 0 amide bonds. The van der Waals surface area contributed by atoms with Crippen molar-refractivity contribution in [3.8, 4) is 17.2 Å². The number of hydrogen-bond acceptors (Lipinski definition) is 4. The first-order valence-electron chi connectivity index (χ1n) is 6.22. The van der Waals surface area contributed by atoms with Gasteiger partial charge in [-0.25, -0.2) is 0 Å². The van der Waals surface area contributed by atoms with E-state index in [1.165, 1.54) is 0 Å². The van der Waals surface area contributed by atoms with Crippen LogP contribution in [0.15, 0.2) is 18.2 Å². The van der Waals surface area contributed by atoms with Gasteiger partial charge in [0.25, 0.3) is 0 Å². The van der Waals surface area contributed by atoms with Gasteiger partial charge >= 0.3 is 0 Å². The lowest BCUT2D eigenvalue weighted by Crippen LogP contribution is -1.96. The van der Waals surface area contributed by atoms with E-state index < -0.39 is 0 Å². The third-order valence-electron chi connectivity index (χ3n) is 2.88. The molecule has 5 heteroatoms. The van der Waals surface area contributed by atoms with Crippen LogP contribution in [0.2, 0.25) is 0 Å². The number of aryl methyl sites for hydroxylation is 2. The van der Waals surface area contributed by atoms with E-state index in [1.54, 1.807) is 16.8 Å². The highest BCUT2D eigenvalue weighted by atomic mass is 16.5. The zero-order valence-corrected chi connectivity index (χ0v) is 11.7. The van der Waals surface area contributed by atoms with Gasteiger partial charge in [-0.2, -0.15) is 5.10 Å². The van der Waals surface area contributed by atoms with E-state index in [9.17, 15) is 0 Å². The molecule has 5 nitrogen and oxygen atoms in total. The summed E-state index contributed by atoms with van der Waals surface area (Å²) in [5.41, 5.74) is 8.27. The predicted octanol–water partition coefficient (Wildman–Crippen LogP) is 2.81. The molecule has 1 aromatic carbocycles. The van der Waals surface area contributed by atoms with Gasteiger partial charge in [0.15, 0.2) is 5.75 Å². The molecule has 0 spiro atoms. The summed E-state index contributed by atoms with van der Waals surface area (Å²) in [6.45, 7) is 6.40. The second-order valence-corrected chi connectivity index (χ2v) is 4.40. The average molecular weight is 261 g/mol. The third kappa shape index (κ3) is 2.81. The Morgan fingerprint density at radius 2 is 1.89 bits per heavy atom. The molecule has 0 saturated heterocycles. The van der Waals surface area contributed by atoms with Crippen molar-refractivity contribution in [2.24, 2.45) is 7.05 Å². The van der Waals surface area contributed by atoms with Gasteiger partial charge in [0.2, 0.25) is 0 Å². The highest BCUT2D eigenvalue weighted by Crippen LogP contribution is 2.31. The van der Waals surface area contributed by atoms with Crippen LogP contribution in [0.5, 0.6) is 17.2 Å². The fraction of sp³-hybridized carbons (Fsp3) is 0.357. The number of aromatic nitrogens is 2. The zero-order valence-electron chi connectivity index (χ0n) is 11.7. The maximum Gasteiger partial charge on any atom is 0.171 e. The highest BCUT2D eigenvalue weighted by Gasteiger charge is 2.12. The van der Waals surface area contributed by atoms with Crippen LogP contribution in [-0.2, 0) is 7.05 Å². The van der Waals surface area contributed by atoms with Crippen LogP contribution in [0.1, 0.15) is 18.3 Å². The fourth-order valence-electron chi connectivity index (χ4n) is 1.92. The Labute approximate surface area is 112 Å². The van der Waals surface area contributed by atoms with E-state index in [2.05, 4.69) is 5.10 Å². The molecule has 2 aromatic rings. The molecule has 0 saturated carbocycles. The standard InChI is InChI=1S/C14H19N3O2/c1-5-18-12-6-11(15)7-13(8-12)19-14-9(2)16-17(4)10(14)3/h6-8H,5,15H2,1-4H3. The number of nitrogens with two attached hydrogens (primary N) is 1. The Morgan fingerprint density at radius 3 is 2.47 bits per heavy atom. The topological polar surface area (TPSA) is 62.3 Å². The minimum Gasteiger partial charge on any atom is -0.494 e. The van der Waals surface area contributed by atoms with Gasteiger partial charge in [0, 0.05) is 30.9 Å². The van der Waals surface area contributed by atoms with Crippen LogP contribution < -0.4 is 15.2 Å². The number of ether oxygens (including phenoxy) is 2. The minimum atomic E-state index is 0.591. The molecule has 19 heavy (non-hydrogen) atoms. The van der Waals surface area contributed by atoms with Gasteiger partial charge in [0.1, 0.15) is 17.2 Å². The molecule has 0 aliphatic rings. The molecule has 0 bridgehead atoms. The summed E-state index contributed by atoms with van der Waals surface area (Å²) in [7, 11) is 1.89. The van der Waals surface area contributed by atoms with Gasteiger partial charge in [-0.3, -0.25) is 4.68 Å². The van der Waals surface area contributed by atoms with Crippen LogP contribution in [0, 0.1) is 13.8 Å². The number of nitrogens with zero attached hydrogens (tertiary/aromatic N) is 2. The number of nitrogen functional groups attached to an aromatic ring is 1. The molecule has 0 radical (unpaired) electrons. The quantitative estimate of drug-likeness (QED) is 0.860. The van der Waals surface area contributed by atoms with Gasteiger partial charge in [-0.1, -0.05) is 0 Å². The zero-order chi connectivity index (χ0) is 14.0.